The molecule has 0 heterocycles. The van der Waals surface area contributed by atoms with Gasteiger partial charge < -0.3 is 11.5 Å². The first kappa shape index (κ1) is 12.7. The number of rotatable bonds is 4. The summed E-state index contributed by atoms with van der Waals surface area (Å²) in [6.45, 7) is 0. The molecule has 0 aromatic heterocycles. The number of carbonyl (C=O) groups excluding carboxylic acids is 1. The van der Waals surface area contributed by atoms with Gasteiger partial charge in [-0.15, -0.1) is 0 Å². The van der Waals surface area contributed by atoms with Crippen molar-refractivity contribution in [1.29, 1.82) is 0 Å². The Morgan fingerprint density at radius 1 is 1.31 bits per heavy atom. The lowest BCUT2D eigenvalue weighted by Crippen LogP contribution is -2.38. The molecule has 0 saturated heterocycles. The largest absolute Gasteiger partial charge is 0.368 e. The lowest BCUT2D eigenvalue weighted by molar-refractivity contribution is -0.119. The van der Waals surface area contributed by atoms with Crippen LogP contribution in [0.15, 0.2) is 29.2 Å². The molecule has 5 nitrogen and oxygen atoms in total. The highest BCUT2D eigenvalue weighted by Crippen LogP contribution is 2.11. The zero-order chi connectivity index (χ0) is 12.3. The van der Waals surface area contributed by atoms with Crippen LogP contribution in [0.5, 0.6) is 0 Å². The smallest absolute Gasteiger partial charge is 0.234 e. The van der Waals surface area contributed by atoms with E-state index >= 15 is 0 Å². The number of amides is 1. The maximum absolute atomic E-state index is 11.2. The Kier molecular flexibility index (Phi) is 3.66. The molecule has 0 aliphatic rings. The summed E-state index contributed by atoms with van der Waals surface area (Å²) in [4.78, 5) is 11.0. The van der Waals surface area contributed by atoms with Crippen LogP contribution < -0.4 is 11.5 Å². The van der Waals surface area contributed by atoms with Crippen LogP contribution in [0.3, 0.4) is 0 Å². The summed E-state index contributed by atoms with van der Waals surface area (Å²) in [6.07, 6.45) is 1.44. The highest BCUT2D eigenvalue weighted by molar-refractivity contribution is 7.90. The number of benzene rings is 1. The van der Waals surface area contributed by atoms with Crippen molar-refractivity contribution in [2.75, 3.05) is 6.26 Å². The first-order valence-electron chi connectivity index (χ1n) is 4.64. The van der Waals surface area contributed by atoms with Gasteiger partial charge in [-0.25, -0.2) is 8.42 Å². The minimum absolute atomic E-state index is 0.240. The van der Waals surface area contributed by atoms with E-state index in [9.17, 15) is 13.2 Å². The molecule has 16 heavy (non-hydrogen) atoms. The summed E-state index contributed by atoms with van der Waals surface area (Å²) in [5.41, 5.74) is 11.3. The first-order chi connectivity index (χ1) is 7.30. The Labute approximate surface area is 94.4 Å². The van der Waals surface area contributed by atoms with E-state index in [4.69, 9.17) is 11.5 Å². The number of nitrogens with two attached hydrogens (primary N) is 2. The van der Waals surface area contributed by atoms with E-state index in [2.05, 4.69) is 0 Å². The van der Waals surface area contributed by atoms with Gasteiger partial charge in [0.05, 0.1) is 10.9 Å². The molecule has 1 rings (SSSR count). The van der Waals surface area contributed by atoms with Crippen molar-refractivity contribution >= 4 is 15.7 Å². The number of hydrogen-bond donors (Lipinski definition) is 2. The molecule has 1 atom stereocenters. The highest BCUT2D eigenvalue weighted by Gasteiger charge is 2.11. The standard InChI is InChI=1S/C10H14N2O3S/c1-16(14,15)8-4-2-7(3-5-8)6-9(11)10(12)13/h2-5,9H,6,11H2,1H3,(H2,12,13)/t9-/m1/s1. The molecule has 1 aromatic rings. The highest BCUT2D eigenvalue weighted by atomic mass is 32.2. The zero-order valence-corrected chi connectivity index (χ0v) is 9.70. The monoisotopic (exact) mass is 242 g/mol. The average Bonchev–Trinajstić information content (AvgIpc) is 2.17. The number of hydrogen-bond acceptors (Lipinski definition) is 4. The number of primary amides is 1. The summed E-state index contributed by atoms with van der Waals surface area (Å²) in [5, 5.41) is 0. The van der Waals surface area contributed by atoms with Crippen molar-refractivity contribution in [3.63, 3.8) is 0 Å². The number of sulfone groups is 1. The quantitative estimate of drug-likeness (QED) is 0.739. The maximum atomic E-state index is 11.2. The predicted octanol–water partition coefficient (Wildman–Crippen LogP) is -0.555. The summed E-state index contributed by atoms with van der Waals surface area (Å²) < 4.78 is 22.4. The van der Waals surface area contributed by atoms with E-state index in [1.807, 2.05) is 0 Å². The van der Waals surface area contributed by atoms with Gasteiger partial charge in [-0.1, -0.05) is 12.1 Å². The van der Waals surface area contributed by atoms with Crippen molar-refractivity contribution in [3.8, 4) is 0 Å². The number of carbonyl (C=O) groups is 1. The van der Waals surface area contributed by atoms with Crippen molar-refractivity contribution < 1.29 is 13.2 Å². The maximum Gasteiger partial charge on any atom is 0.234 e. The normalized spacial score (nSPS) is 13.4. The van der Waals surface area contributed by atoms with Gasteiger partial charge in [-0.2, -0.15) is 0 Å². The molecule has 0 fully saturated rings. The molecule has 1 amide bonds. The lowest BCUT2D eigenvalue weighted by Gasteiger charge is -2.07. The second-order valence-electron chi connectivity index (χ2n) is 3.63. The zero-order valence-electron chi connectivity index (χ0n) is 8.88. The Hall–Kier alpha value is -1.40. The van der Waals surface area contributed by atoms with Crippen LogP contribution in [0.2, 0.25) is 0 Å². The predicted molar refractivity (Wildman–Crippen MR) is 60.4 cm³/mol. The van der Waals surface area contributed by atoms with Crippen molar-refractivity contribution in [2.45, 2.75) is 17.4 Å². The van der Waals surface area contributed by atoms with Crippen LogP contribution in [-0.4, -0.2) is 26.6 Å². The summed E-state index contributed by atoms with van der Waals surface area (Å²) in [6, 6.07) is 5.47. The fraction of sp³-hybridized carbons (Fsp3) is 0.300. The molecule has 0 bridgehead atoms. The second kappa shape index (κ2) is 4.63. The van der Waals surface area contributed by atoms with E-state index in [1.165, 1.54) is 12.1 Å². The molecule has 0 unspecified atom stereocenters. The van der Waals surface area contributed by atoms with E-state index in [1.54, 1.807) is 12.1 Å². The molecule has 0 aliphatic carbocycles. The third kappa shape index (κ3) is 3.32. The topological polar surface area (TPSA) is 103 Å². The van der Waals surface area contributed by atoms with E-state index < -0.39 is 21.8 Å². The van der Waals surface area contributed by atoms with Crippen molar-refractivity contribution in [3.05, 3.63) is 29.8 Å². The Morgan fingerprint density at radius 3 is 2.19 bits per heavy atom. The SMILES string of the molecule is CS(=O)(=O)c1ccc(C[C@@H](N)C(N)=O)cc1. The van der Waals surface area contributed by atoms with Gasteiger partial charge in [0.25, 0.3) is 0 Å². The molecular weight excluding hydrogens is 228 g/mol. The van der Waals surface area contributed by atoms with Gasteiger partial charge in [0.1, 0.15) is 0 Å². The molecule has 0 aliphatic heterocycles. The van der Waals surface area contributed by atoms with Gasteiger partial charge in [-0.05, 0) is 24.1 Å². The van der Waals surface area contributed by atoms with Gasteiger partial charge in [0.15, 0.2) is 9.84 Å². The second-order valence-corrected chi connectivity index (χ2v) is 5.64. The van der Waals surface area contributed by atoms with Gasteiger partial charge in [-0.3, -0.25) is 4.79 Å². The van der Waals surface area contributed by atoms with Crippen LogP contribution in [0.4, 0.5) is 0 Å². The van der Waals surface area contributed by atoms with E-state index in [-0.39, 0.29) is 4.90 Å². The Bertz CT molecular complexity index is 479. The molecule has 0 saturated carbocycles. The van der Waals surface area contributed by atoms with Crippen LogP contribution in [0.1, 0.15) is 5.56 Å². The van der Waals surface area contributed by atoms with Crippen LogP contribution in [-0.2, 0) is 21.1 Å². The molecular formula is C10H14N2O3S. The van der Waals surface area contributed by atoms with Crippen LogP contribution >= 0.6 is 0 Å². The fourth-order valence-electron chi connectivity index (χ4n) is 1.23. The lowest BCUT2D eigenvalue weighted by atomic mass is 10.1. The van der Waals surface area contributed by atoms with Crippen LogP contribution in [0, 0.1) is 0 Å². The van der Waals surface area contributed by atoms with Crippen LogP contribution in [0.25, 0.3) is 0 Å². The summed E-state index contributed by atoms with van der Waals surface area (Å²) >= 11 is 0. The molecule has 88 valence electrons. The van der Waals surface area contributed by atoms with E-state index in [0.717, 1.165) is 11.8 Å². The van der Waals surface area contributed by atoms with Gasteiger partial charge in [0.2, 0.25) is 5.91 Å². The summed E-state index contributed by atoms with van der Waals surface area (Å²) in [7, 11) is -3.19. The van der Waals surface area contributed by atoms with Gasteiger partial charge in [0, 0.05) is 6.26 Å². The van der Waals surface area contributed by atoms with Crippen molar-refractivity contribution in [2.24, 2.45) is 11.5 Å². The third-order valence-electron chi connectivity index (χ3n) is 2.17. The van der Waals surface area contributed by atoms with Crippen molar-refractivity contribution in [1.82, 2.24) is 0 Å². The molecule has 0 radical (unpaired) electrons. The Balaban J connectivity index is 2.84. The first-order valence-corrected chi connectivity index (χ1v) is 6.54. The third-order valence-corrected chi connectivity index (χ3v) is 3.30. The average molecular weight is 242 g/mol. The molecule has 6 heteroatoms. The molecule has 0 spiro atoms. The van der Waals surface area contributed by atoms with Gasteiger partial charge >= 0.3 is 0 Å². The summed E-state index contributed by atoms with van der Waals surface area (Å²) in [5.74, 6) is -0.577. The minimum Gasteiger partial charge on any atom is -0.368 e. The van der Waals surface area contributed by atoms with E-state index in [0.29, 0.717) is 6.42 Å². The minimum atomic E-state index is -3.19. The molecule has 1 aromatic carbocycles. The molecule has 4 N–H and O–H groups in total. The fourth-order valence-corrected chi connectivity index (χ4v) is 1.86. The Morgan fingerprint density at radius 2 is 1.81 bits per heavy atom.